The average molecular weight is 247 g/mol. The molecule has 92 valence electrons. The predicted octanol–water partition coefficient (Wildman–Crippen LogP) is -0.851. The number of nitrogens with one attached hydrogen (secondary N) is 1. The minimum atomic E-state index is -3.41. The van der Waals surface area contributed by atoms with Gasteiger partial charge in [0.25, 0.3) is 10.2 Å². The minimum absolute atomic E-state index is 0.0428. The Labute approximate surface area is 95.8 Å². The number of amides is 1. The molecule has 6 nitrogen and oxygen atoms in total. The van der Waals surface area contributed by atoms with Gasteiger partial charge >= 0.3 is 0 Å². The van der Waals surface area contributed by atoms with Crippen LogP contribution in [0.2, 0.25) is 0 Å². The van der Waals surface area contributed by atoms with E-state index < -0.39 is 10.2 Å². The molecular formula is C9H17N3O3S. The van der Waals surface area contributed by atoms with Crippen LogP contribution in [-0.4, -0.2) is 55.7 Å². The highest BCUT2D eigenvalue weighted by molar-refractivity contribution is 7.86. The van der Waals surface area contributed by atoms with E-state index in [1.807, 2.05) is 0 Å². The number of carbonyl (C=O) groups is 1. The second-order valence-corrected chi connectivity index (χ2v) is 6.08. The average Bonchev–Trinajstić information content (AvgIpc) is 2.68. The zero-order chi connectivity index (χ0) is 11.6. The zero-order valence-corrected chi connectivity index (χ0v) is 10.0. The molecule has 7 heteroatoms. The Morgan fingerprint density at radius 2 is 1.62 bits per heavy atom. The molecule has 2 fully saturated rings. The standard InChI is InChI=1S/C9H17N3O3S/c13-9-8-12(7-3-4-10-9)16(14,15)11-5-1-2-6-11/h1-8H2,(H,10,13). The highest BCUT2D eigenvalue weighted by Crippen LogP contribution is 2.17. The van der Waals surface area contributed by atoms with Crippen molar-refractivity contribution in [2.24, 2.45) is 0 Å². The predicted molar refractivity (Wildman–Crippen MR) is 58.9 cm³/mol. The summed E-state index contributed by atoms with van der Waals surface area (Å²) in [6.45, 7) is 2.11. The van der Waals surface area contributed by atoms with Gasteiger partial charge in [0, 0.05) is 26.2 Å². The Balaban J connectivity index is 2.11. The second-order valence-electron chi connectivity index (χ2n) is 4.15. The lowest BCUT2D eigenvalue weighted by atomic mass is 10.4. The molecule has 0 saturated carbocycles. The second kappa shape index (κ2) is 4.68. The van der Waals surface area contributed by atoms with Crippen LogP contribution in [0.15, 0.2) is 0 Å². The van der Waals surface area contributed by atoms with E-state index in [9.17, 15) is 13.2 Å². The third kappa shape index (κ3) is 2.36. The molecule has 1 N–H and O–H groups in total. The number of hydrogen-bond acceptors (Lipinski definition) is 3. The van der Waals surface area contributed by atoms with Crippen molar-refractivity contribution in [3.63, 3.8) is 0 Å². The number of nitrogens with zero attached hydrogens (tertiary/aromatic N) is 2. The van der Waals surface area contributed by atoms with Gasteiger partial charge in [-0.3, -0.25) is 4.79 Å². The largest absolute Gasteiger partial charge is 0.355 e. The van der Waals surface area contributed by atoms with Crippen molar-refractivity contribution in [1.29, 1.82) is 0 Å². The molecule has 2 rings (SSSR count). The van der Waals surface area contributed by atoms with Crippen molar-refractivity contribution >= 4 is 16.1 Å². The maximum Gasteiger partial charge on any atom is 0.282 e. The molecule has 0 aromatic heterocycles. The molecule has 0 aromatic rings. The van der Waals surface area contributed by atoms with Gasteiger partial charge in [-0.25, -0.2) is 0 Å². The van der Waals surface area contributed by atoms with E-state index in [0.717, 1.165) is 12.8 Å². The van der Waals surface area contributed by atoms with Crippen LogP contribution in [-0.2, 0) is 15.0 Å². The summed E-state index contributed by atoms with van der Waals surface area (Å²) in [6, 6.07) is 0. The summed E-state index contributed by atoms with van der Waals surface area (Å²) in [5.41, 5.74) is 0. The van der Waals surface area contributed by atoms with Crippen molar-refractivity contribution < 1.29 is 13.2 Å². The highest BCUT2D eigenvalue weighted by Gasteiger charge is 2.33. The molecule has 1 amide bonds. The van der Waals surface area contributed by atoms with Crippen LogP contribution in [0, 0.1) is 0 Å². The van der Waals surface area contributed by atoms with Gasteiger partial charge in [0.2, 0.25) is 5.91 Å². The third-order valence-electron chi connectivity index (χ3n) is 2.94. The van der Waals surface area contributed by atoms with Gasteiger partial charge < -0.3 is 5.32 Å². The molecule has 0 spiro atoms. The summed E-state index contributed by atoms with van der Waals surface area (Å²) < 4.78 is 27.1. The van der Waals surface area contributed by atoms with E-state index in [1.165, 1.54) is 8.61 Å². The van der Waals surface area contributed by atoms with Crippen molar-refractivity contribution in [1.82, 2.24) is 13.9 Å². The molecule has 0 atom stereocenters. The van der Waals surface area contributed by atoms with Crippen LogP contribution >= 0.6 is 0 Å². The van der Waals surface area contributed by atoms with Gasteiger partial charge in [-0.05, 0) is 19.3 Å². The minimum Gasteiger partial charge on any atom is -0.355 e. The van der Waals surface area contributed by atoms with E-state index in [1.54, 1.807) is 0 Å². The molecule has 0 unspecified atom stereocenters. The summed E-state index contributed by atoms with van der Waals surface area (Å²) >= 11 is 0. The first-order chi connectivity index (χ1) is 7.60. The third-order valence-corrected chi connectivity index (χ3v) is 4.93. The van der Waals surface area contributed by atoms with Gasteiger partial charge in [-0.2, -0.15) is 17.0 Å². The summed E-state index contributed by atoms with van der Waals surface area (Å²) in [4.78, 5) is 11.3. The molecular weight excluding hydrogens is 230 g/mol. The van der Waals surface area contributed by atoms with Crippen LogP contribution in [0.3, 0.4) is 0 Å². The van der Waals surface area contributed by atoms with Crippen LogP contribution < -0.4 is 5.32 Å². The molecule has 0 aromatic carbocycles. The van der Waals surface area contributed by atoms with Crippen LogP contribution in [0.4, 0.5) is 0 Å². The number of hydrogen-bond donors (Lipinski definition) is 1. The topological polar surface area (TPSA) is 69.7 Å². The Hall–Kier alpha value is -0.660. The molecule has 0 radical (unpaired) electrons. The molecule has 2 aliphatic rings. The van der Waals surface area contributed by atoms with Gasteiger partial charge in [0.1, 0.15) is 0 Å². The quantitative estimate of drug-likeness (QED) is 0.691. The fourth-order valence-electron chi connectivity index (χ4n) is 2.06. The van der Waals surface area contributed by atoms with Gasteiger partial charge in [0.15, 0.2) is 0 Å². The molecule has 16 heavy (non-hydrogen) atoms. The summed E-state index contributed by atoms with van der Waals surface area (Å²) in [5.74, 6) is -0.208. The first-order valence-corrected chi connectivity index (χ1v) is 7.02. The van der Waals surface area contributed by atoms with Gasteiger partial charge in [-0.1, -0.05) is 0 Å². The lowest BCUT2D eigenvalue weighted by Gasteiger charge is -2.24. The SMILES string of the molecule is O=C1CN(S(=O)(=O)N2CCCC2)CCCN1. The lowest BCUT2D eigenvalue weighted by Crippen LogP contribution is -2.45. The van der Waals surface area contributed by atoms with Gasteiger partial charge in [0.05, 0.1) is 6.54 Å². The van der Waals surface area contributed by atoms with Crippen molar-refractivity contribution in [2.75, 3.05) is 32.7 Å². The Bertz CT molecular complexity index is 362. The first kappa shape index (κ1) is 11.8. The summed E-state index contributed by atoms with van der Waals surface area (Å²) in [5, 5.41) is 2.67. The fourth-order valence-corrected chi connectivity index (χ4v) is 3.74. The first-order valence-electron chi connectivity index (χ1n) is 5.62. The summed E-state index contributed by atoms with van der Waals surface area (Å²) in [7, 11) is -3.41. The molecule has 2 heterocycles. The molecule has 0 aliphatic carbocycles. The van der Waals surface area contributed by atoms with E-state index in [0.29, 0.717) is 32.6 Å². The van der Waals surface area contributed by atoms with Crippen LogP contribution in [0.25, 0.3) is 0 Å². The molecule has 2 aliphatic heterocycles. The molecule has 2 saturated heterocycles. The molecule has 0 bridgehead atoms. The normalized spacial score (nSPS) is 25.4. The Kier molecular flexibility index (Phi) is 3.46. The lowest BCUT2D eigenvalue weighted by molar-refractivity contribution is -0.120. The van der Waals surface area contributed by atoms with Crippen LogP contribution in [0.1, 0.15) is 19.3 Å². The van der Waals surface area contributed by atoms with E-state index >= 15 is 0 Å². The Morgan fingerprint density at radius 3 is 2.31 bits per heavy atom. The van der Waals surface area contributed by atoms with Crippen LogP contribution in [0.5, 0.6) is 0 Å². The van der Waals surface area contributed by atoms with Crippen molar-refractivity contribution in [2.45, 2.75) is 19.3 Å². The number of rotatable bonds is 2. The maximum absolute atomic E-state index is 12.2. The Morgan fingerprint density at radius 1 is 1.00 bits per heavy atom. The van der Waals surface area contributed by atoms with E-state index in [4.69, 9.17) is 0 Å². The fraction of sp³-hybridized carbons (Fsp3) is 0.889. The maximum atomic E-state index is 12.2. The zero-order valence-electron chi connectivity index (χ0n) is 9.18. The highest BCUT2D eigenvalue weighted by atomic mass is 32.2. The van der Waals surface area contributed by atoms with E-state index in [2.05, 4.69) is 5.32 Å². The van der Waals surface area contributed by atoms with Crippen molar-refractivity contribution in [3.05, 3.63) is 0 Å². The smallest absolute Gasteiger partial charge is 0.282 e. The monoisotopic (exact) mass is 247 g/mol. The van der Waals surface area contributed by atoms with Crippen molar-refractivity contribution in [3.8, 4) is 0 Å². The summed E-state index contributed by atoms with van der Waals surface area (Å²) in [6.07, 6.45) is 2.51. The van der Waals surface area contributed by atoms with Gasteiger partial charge in [-0.15, -0.1) is 0 Å². The number of carbonyl (C=O) groups excluding carboxylic acids is 1. The van der Waals surface area contributed by atoms with E-state index in [-0.39, 0.29) is 12.5 Å².